The highest BCUT2D eigenvalue weighted by Gasteiger charge is 2.46. The number of aromatic nitrogens is 1. The summed E-state index contributed by atoms with van der Waals surface area (Å²) in [5.74, 6) is 0.219. The second kappa shape index (κ2) is 14.7. The molecule has 12 rings (SSSR count). The van der Waals surface area contributed by atoms with E-state index < -0.39 is 5.41 Å². The molecule has 1 heteroatoms. The molecule has 0 fully saturated rings. The van der Waals surface area contributed by atoms with Crippen molar-refractivity contribution < 1.29 is 0 Å². The Bertz CT molecular complexity index is 3540. The summed E-state index contributed by atoms with van der Waals surface area (Å²) in [5, 5.41) is 7.57. The minimum Gasteiger partial charge on any atom is -0.309 e. The third-order valence-electron chi connectivity index (χ3n) is 13.9. The first-order chi connectivity index (χ1) is 31.1. The molecule has 0 radical (unpaired) electrons. The van der Waals surface area contributed by atoms with Crippen LogP contribution < -0.4 is 0 Å². The van der Waals surface area contributed by atoms with Gasteiger partial charge in [-0.2, -0.15) is 0 Å². The van der Waals surface area contributed by atoms with Crippen LogP contribution in [0, 0.1) is 0 Å². The molecule has 0 saturated carbocycles. The smallest absolute Gasteiger partial charge is 0.0714 e. The molecule has 0 amide bonds. The summed E-state index contributed by atoms with van der Waals surface area (Å²) in [4.78, 5) is 0. The summed E-state index contributed by atoms with van der Waals surface area (Å²) in [7, 11) is 0. The predicted molar refractivity (Wildman–Crippen MR) is 267 cm³/mol. The fourth-order valence-corrected chi connectivity index (χ4v) is 11.2. The van der Waals surface area contributed by atoms with Crippen LogP contribution in [-0.4, -0.2) is 4.57 Å². The molecule has 1 aromatic heterocycles. The molecular formula is C62H45N. The molecule has 0 spiro atoms. The summed E-state index contributed by atoms with van der Waals surface area (Å²) in [5.41, 5.74) is 17.2. The highest BCUT2D eigenvalue weighted by atomic mass is 15.0. The molecule has 0 saturated heterocycles. The van der Waals surface area contributed by atoms with E-state index in [0.29, 0.717) is 0 Å². The molecule has 11 aromatic rings. The third-order valence-corrected chi connectivity index (χ3v) is 13.9. The van der Waals surface area contributed by atoms with Crippen molar-refractivity contribution in [2.24, 2.45) is 0 Å². The molecule has 0 N–H and O–H groups in total. The van der Waals surface area contributed by atoms with Crippen molar-refractivity contribution in [2.45, 2.75) is 25.2 Å². The van der Waals surface area contributed by atoms with Gasteiger partial charge in [0.15, 0.2) is 0 Å². The molecule has 0 aliphatic heterocycles. The van der Waals surface area contributed by atoms with E-state index >= 15 is 0 Å². The fourth-order valence-electron chi connectivity index (χ4n) is 11.2. The van der Waals surface area contributed by atoms with Crippen LogP contribution in [-0.2, 0) is 5.41 Å². The largest absolute Gasteiger partial charge is 0.309 e. The molecule has 1 aliphatic carbocycles. The third kappa shape index (κ3) is 5.56. The Balaban J connectivity index is 1.09. The van der Waals surface area contributed by atoms with E-state index in [2.05, 4.69) is 249 Å². The van der Waals surface area contributed by atoms with E-state index in [1.54, 1.807) is 0 Å². The monoisotopic (exact) mass is 803 g/mol. The minimum atomic E-state index is -0.486. The van der Waals surface area contributed by atoms with Crippen LogP contribution in [0.2, 0.25) is 0 Å². The van der Waals surface area contributed by atoms with Crippen molar-refractivity contribution >= 4 is 49.4 Å². The van der Waals surface area contributed by atoms with E-state index in [0.717, 1.165) is 5.69 Å². The minimum absolute atomic E-state index is 0.219. The zero-order valence-electron chi connectivity index (χ0n) is 35.5. The lowest BCUT2D eigenvalue weighted by Crippen LogP contribution is -2.28. The lowest BCUT2D eigenvalue weighted by atomic mass is 9.67. The van der Waals surface area contributed by atoms with Gasteiger partial charge in [0.1, 0.15) is 0 Å². The van der Waals surface area contributed by atoms with Gasteiger partial charge in [-0.25, -0.2) is 0 Å². The molecule has 1 heterocycles. The van der Waals surface area contributed by atoms with Crippen molar-refractivity contribution in [1.29, 1.82) is 0 Å². The maximum Gasteiger partial charge on any atom is 0.0714 e. The van der Waals surface area contributed by atoms with Gasteiger partial charge in [-0.05, 0) is 115 Å². The van der Waals surface area contributed by atoms with E-state index in [1.165, 1.54) is 105 Å². The van der Waals surface area contributed by atoms with Gasteiger partial charge < -0.3 is 4.57 Å². The molecule has 1 unspecified atom stereocenters. The summed E-state index contributed by atoms with van der Waals surface area (Å²) in [6.07, 6.45) is 4.46. The van der Waals surface area contributed by atoms with Gasteiger partial charge in [0, 0.05) is 27.8 Å². The van der Waals surface area contributed by atoms with Crippen LogP contribution in [0.15, 0.2) is 224 Å². The van der Waals surface area contributed by atoms with Crippen LogP contribution >= 0.6 is 0 Å². The first kappa shape index (κ1) is 37.1. The topological polar surface area (TPSA) is 4.93 Å². The maximum absolute atomic E-state index is 2.53. The van der Waals surface area contributed by atoms with Crippen molar-refractivity contribution in [3.63, 3.8) is 0 Å². The lowest BCUT2D eigenvalue weighted by Gasteiger charge is -2.34. The van der Waals surface area contributed by atoms with Gasteiger partial charge in [0.05, 0.1) is 16.4 Å². The average molecular weight is 804 g/mol. The molecule has 63 heavy (non-hydrogen) atoms. The van der Waals surface area contributed by atoms with Gasteiger partial charge in [-0.1, -0.05) is 207 Å². The first-order valence-electron chi connectivity index (χ1n) is 22.2. The predicted octanol–water partition coefficient (Wildman–Crippen LogP) is 16.3. The Morgan fingerprint density at radius 3 is 1.86 bits per heavy atom. The molecule has 1 atom stereocenters. The summed E-state index contributed by atoms with van der Waals surface area (Å²) >= 11 is 0. The number of hydrogen-bond donors (Lipinski definition) is 0. The molecule has 1 nitrogen and oxygen atoms in total. The SMILES string of the molecule is C/C=C\c1cc(-c2cc3c4ccccc4n(-c4ccc5c(c4)C(c4ccccc4)(c4ccccc4)c4ccccc4-5)c3c3ccccc23)ccc1C(C)c1cccc2ccccc12. The Hall–Kier alpha value is -7.74. The van der Waals surface area contributed by atoms with Gasteiger partial charge in [-0.15, -0.1) is 0 Å². The zero-order valence-corrected chi connectivity index (χ0v) is 35.5. The van der Waals surface area contributed by atoms with Gasteiger partial charge in [-0.3, -0.25) is 0 Å². The lowest BCUT2D eigenvalue weighted by molar-refractivity contribution is 0.767. The number of hydrogen-bond acceptors (Lipinski definition) is 0. The Kier molecular flexibility index (Phi) is 8.66. The van der Waals surface area contributed by atoms with E-state index in [-0.39, 0.29) is 5.92 Å². The number of benzene rings is 10. The number of para-hydroxylation sites is 1. The Morgan fingerprint density at radius 1 is 0.444 bits per heavy atom. The number of nitrogens with zero attached hydrogens (tertiary/aromatic N) is 1. The molecule has 0 bridgehead atoms. The molecule has 10 aromatic carbocycles. The average Bonchev–Trinajstić information content (AvgIpc) is 3.84. The quantitative estimate of drug-likeness (QED) is 0.151. The maximum atomic E-state index is 2.53. The Morgan fingerprint density at radius 2 is 1.08 bits per heavy atom. The van der Waals surface area contributed by atoms with Gasteiger partial charge >= 0.3 is 0 Å². The standard InChI is InChI=1S/C62H45N/c1-3-19-43-38-44(34-36-48(43)41(2)49-31-18-21-42-20-10-11-26-50(42)49)56-40-57-54-29-15-17-33-60(54)63(61(57)55-30-13-12-27-51(55)56)47-35-37-53-52-28-14-16-32-58(52)62(59(53)39-47,45-22-6-4-7-23-45)46-24-8-5-9-25-46/h3-41H,1-2H3/b19-3-. The first-order valence-corrected chi connectivity index (χ1v) is 22.2. The van der Waals surface area contributed by atoms with E-state index in [4.69, 9.17) is 0 Å². The zero-order chi connectivity index (χ0) is 42.1. The van der Waals surface area contributed by atoms with Crippen LogP contribution in [0.3, 0.4) is 0 Å². The Labute approximate surface area is 368 Å². The second-order valence-corrected chi connectivity index (χ2v) is 17.1. The van der Waals surface area contributed by atoms with E-state index in [9.17, 15) is 0 Å². The number of rotatable bonds is 7. The summed E-state index contributed by atoms with van der Waals surface area (Å²) < 4.78 is 2.53. The summed E-state index contributed by atoms with van der Waals surface area (Å²) in [6.45, 7) is 4.47. The highest BCUT2D eigenvalue weighted by molar-refractivity contribution is 6.22. The normalized spacial score (nSPS) is 13.6. The van der Waals surface area contributed by atoms with Crippen molar-refractivity contribution in [3.05, 3.63) is 263 Å². The van der Waals surface area contributed by atoms with Gasteiger partial charge in [0.25, 0.3) is 0 Å². The van der Waals surface area contributed by atoms with Crippen molar-refractivity contribution in [3.8, 4) is 27.9 Å². The highest BCUT2D eigenvalue weighted by Crippen LogP contribution is 2.57. The van der Waals surface area contributed by atoms with Crippen LogP contribution in [0.4, 0.5) is 0 Å². The molecule has 298 valence electrons. The van der Waals surface area contributed by atoms with Crippen LogP contribution in [0.25, 0.3) is 77.4 Å². The van der Waals surface area contributed by atoms with Crippen molar-refractivity contribution in [1.82, 2.24) is 4.57 Å². The number of allylic oxidation sites excluding steroid dienone is 1. The number of fused-ring (bicyclic) bond motifs is 9. The van der Waals surface area contributed by atoms with Gasteiger partial charge in [0.2, 0.25) is 0 Å². The van der Waals surface area contributed by atoms with Crippen LogP contribution in [0.5, 0.6) is 0 Å². The second-order valence-electron chi connectivity index (χ2n) is 17.1. The summed E-state index contributed by atoms with van der Waals surface area (Å²) in [6, 6.07) is 81.4. The molecule has 1 aliphatic rings. The van der Waals surface area contributed by atoms with E-state index in [1.807, 2.05) is 0 Å². The molecular weight excluding hydrogens is 759 g/mol. The van der Waals surface area contributed by atoms with Crippen LogP contribution in [0.1, 0.15) is 58.7 Å². The van der Waals surface area contributed by atoms with Crippen molar-refractivity contribution in [2.75, 3.05) is 0 Å². The fraction of sp³-hybridized carbons (Fsp3) is 0.0645.